The van der Waals surface area contributed by atoms with Crippen molar-refractivity contribution in [2.24, 2.45) is 0 Å². The van der Waals surface area contributed by atoms with Gasteiger partial charge in [-0.05, 0) is 19.1 Å². The number of rotatable bonds is 4. The molecule has 1 aromatic carbocycles. The van der Waals surface area contributed by atoms with Gasteiger partial charge < -0.3 is 10.3 Å². The average Bonchev–Trinajstić information content (AvgIpc) is 2.92. The normalized spacial score (nSPS) is 20.3. The number of hydrogen-bond acceptors (Lipinski definition) is 4. The molecule has 2 N–H and O–H groups in total. The lowest BCUT2D eigenvalue weighted by Gasteiger charge is -2.21. The maximum absolute atomic E-state index is 12.1. The highest BCUT2D eigenvalue weighted by molar-refractivity contribution is 8.06. The summed E-state index contributed by atoms with van der Waals surface area (Å²) < 4.78 is 0. The topological polar surface area (TPSA) is 57.8 Å². The number of hydrogen-bond donors (Lipinski definition) is 2. The lowest BCUT2D eigenvalue weighted by molar-refractivity contribution is -0.121. The molecule has 0 bridgehead atoms. The molecule has 1 aliphatic rings. The molecular formula is C15H19N3OS2. The van der Waals surface area contributed by atoms with Crippen molar-refractivity contribution in [2.75, 3.05) is 17.3 Å². The van der Waals surface area contributed by atoms with E-state index in [2.05, 4.69) is 15.3 Å². The zero-order valence-electron chi connectivity index (χ0n) is 12.0. The molecule has 0 aliphatic carbocycles. The minimum atomic E-state index is -0.0915. The Kier molecular flexibility index (Phi) is 4.75. The van der Waals surface area contributed by atoms with Crippen LogP contribution in [0.2, 0.25) is 0 Å². The first-order valence-corrected chi connectivity index (χ1v) is 9.36. The van der Waals surface area contributed by atoms with E-state index in [0.29, 0.717) is 11.7 Å². The molecule has 21 heavy (non-hydrogen) atoms. The van der Waals surface area contributed by atoms with Crippen LogP contribution in [0.5, 0.6) is 0 Å². The molecule has 0 saturated carbocycles. The Morgan fingerprint density at radius 2 is 2.33 bits per heavy atom. The van der Waals surface area contributed by atoms with E-state index in [-0.39, 0.29) is 11.9 Å². The van der Waals surface area contributed by atoms with Crippen molar-refractivity contribution in [3.8, 4) is 0 Å². The van der Waals surface area contributed by atoms with Crippen LogP contribution >= 0.6 is 23.5 Å². The molecule has 3 rings (SSSR count). The first-order chi connectivity index (χ1) is 10.2. The van der Waals surface area contributed by atoms with E-state index in [0.717, 1.165) is 28.4 Å². The second-order valence-electron chi connectivity index (χ2n) is 5.20. The number of H-pyrrole nitrogens is 1. The standard InChI is InChI=1S/C15H19N3OS2/c1-10(15-17-12-4-2-3-5-13(12)18-15)16-14(19)8-11-9-20-6-7-21-11/h2-5,10-11H,6-9H2,1H3,(H,16,19)(H,17,18)/t10-,11-/m0/s1. The minimum Gasteiger partial charge on any atom is -0.346 e. The number of para-hydroxylation sites is 2. The van der Waals surface area contributed by atoms with Gasteiger partial charge >= 0.3 is 0 Å². The molecule has 6 heteroatoms. The molecule has 1 aromatic heterocycles. The Balaban J connectivity index is 1.59. The molecule has 2 aromatic rings. The van der Waals surface area contributed by atoms with E-state index in [1.165, 1.54) is 5.75 Å². The average molecular weight is 321 g/mol. The zero-order chi connectivity index (χ0) is 14.7. The summed E-state index contributed by atoms with van der Waals surface area (Å²) in [5, 5.41) is 3.50. The first kappa shape index (κ1) is 14.8. The van der Waals surface area contributed by atoms with Crippen LogP contribution in [0.1, 0.15) is 25.2 Å². The van der Waals surface area contributed by atoms with E-state index >= 15 is 0 Å². The number of amides is 1. The van der Waals surface area contributed by atoms with Gasteiger partial charge in [0.25, 0.3) is 0 Å². The van der Waals surface area contributed by atoms with E-state index in [1.807, 2.05) is 54.7 Å². The van der Waals surface area contributed by atoms with Crippen LogP contribution in [-0.2, 0) is 4.79 Å². The van der Waals surface area contributed by atoms with Gasteiger partial charge in [0.05, 0.1) is 17.1 Å². The smallest absolute Gasteiger partial charge is 0.221 e. The number of benzene rings is 1. The van der Waals surface area contributed by atoms with Gasteiger partial charge in [0.15, 0.2) is 0 Å². The Morgan fingerprint density at radius 1 is 1.48 bits per heavy atom. The van der Waals surface area contributed by atoms with E-state index in [1.54, 1.807) is 0 Å². The SMILES string of the molecule is C[C@H](NC(=O)C[C@H]1CSCCS1)c1nc2ccccc2[nH]1. The predicted molar refractivity (Wildman–Crippen MR) is 90.8 cm³/mol. The second-order valence-corrected chi connectivity index (χ2v) is 7.76. The van der Waals surface area contributed by atoms with E-state index in [4.69, 9.17) is 0 Å². The molecule has 1 saturated heterocycles. The summed E-state index contributed by atoms with van der Waals surface area (Å²) in [5.41, 5.74) is 1.95. The van der Waals surface area contributed by atoms with Crippen LogP contribution < -0.4 is 5.32 Å². The zero-order valence-corrected chi connectivity index (χ0v) is 13.6. The van der Waals surface area contributed by atoms with Gasteiger partial charge in [-0.25, -0.2) is 4.98 Å². The highest BCUT2D eigenvalue weighted by Crippen LogP contribution is 2.26. The van der Waals surface area contributed by atoms with Gasteiger partial charge in [0.1, 0.15) is 5.82 Å². The number of nitrogens with zero attached hydrogens (tertiary/aromatic N) is 1. The fourth-order valence-corrected chi connectivity index (χ4v) is 5.09. The van der Waals surface area contributed by atoms with Crippen LogP contribution in [0.3, 0.4) is 0 Å². The van der Waals surface area contributed by atoms with Crippen molar-refractivity contribution in [1.29, 1.82) is 0 Å². The Bertz CT molecular complexity index is 589. The highest BCUT2D eigenvalue weighted by atomic mass is 32.2. The fourth-order valence-electron chi connectivity index (χ4n) is 2.41. The van der Waals surface area contributed by atoms with Crippen molar-refractivity contribution < 1.29 is 4.79 Å². The largest absolute Gasteiger partial charge is 0.346 e. The molecule has 1 fully saturated rings. The van der Waals surface area contributed by atoms with Gasteiger partial charge in [0, 0.05) is 28.9 Å². The number of carbonyl (C=O) groups excluding carboxylic acids is 1. The van der Waals surface area contributed by atoms with Gasteiger partial charge in [-0.3, -0.25) is 4.79 Å². The summed E-state index contributed by atoms with van der Waals surface area (Å²) in [5.74, 6) is 4.37. The maximum Gasteiger partial charge on any atom is 0.221 e. The third-order valence-corrected chi connectivity index (χ3v) is 6.34. The van der Waals surface area contributed by atoms with Crippen molar-refractivity contribution in [1.82, 2.24) is 15.3 Å². The molecule has 2 heterocycles. The molecule has 112 valence electrons. The van der Waals surface area contributed by atoms with Gasteiger partial charge in [-0.2, -0.15) is 23.5 Å². The molecule has 1 aliphatic heterocycles. The minimum absolute atomic E-state index is 0.0915. The predicted octanol–water partition coefficient (Wildman–Crippen LogP) is 2.98. The quantitative estimate of drug-likeness (QED) is 0.909. The lowest BCUT2D eigenvalue weighted by Crippen LogP contribution is -2.31. The highest BCUT2D eigenvalue weighted by Gasteiger charge is 2.20. The summed E-state index contributed by atoms with van der Waals surface area (Å²) >= 11 is 3.86. The Labute approximate surface area is 132 Å². The first-order valence-electron chi connectivity index (χ1n) is 7.16. The summed E-state index contributed by atoms with van der Waals surface area (Å²) in [6, 6.07) is 7.82. The summed E-state index contributed by atoms with van der Waals surface area (Å²) in [4.78, 5) is 19.9. The number of fused-ring (bicyclic) bond motifs is 1. The van der Waals surface area contributed by atoms with Gasteiger partial charge in [-0.15, -0.1) is 0 Å². The van der Waals surface area contributed by atoms with Crippen LogP contribution in [0.25, 0.3) is 11.0 Å². The Hall–Kier alpha value is -1.14. The summed E-state index contributed by atoms with van der Waals surface area (Å²) in [7, 11) is 0. The molecule has 1 amide bonds. The lowest BCUT2D eigenvalue weighted by atomic mass is 10.2. The molecule has 0 radical (unpaired) electrons. The van der Waals surface area contributed by atoms with Gasteiger partial charge in [0.2, 0.25) is 5.91 Å². The van der Waals surface area contributed by atoms with Crippen LogP contribution in [0.15, 0.2) is 24.3 Å². The monoisotopic (exact) mass is 321 g/mol. The van der Waals surface area contributed by atoms with Crippen molar-refractivity contribution in [3.63, 3.8) is 0 Å². The van der Waals surface area contributed by atoms with Gasteiger partial charge in [-0.1, -0.05) is 12.1 Å². The second kappa shape index (κ2) is 6.75. The molecule has 4 nitrogen and oxygen atoms in total. The fraction of sp³-hybridized carbons (Fsp3) is 0.467. The van der Waals surface area contributed by atoms with Crippen LogP contribution in [-0.4, -0.2) is 38.4 Å². The van der Waals surface area contributed by atoms with Crippen LogP contribution in [0.4, 0.5) is 0 Å². The molecular weight excluding hydrogens is 302 g/mol. The van der Waals surface area contributed by atoms with E-state index < -0.39 is 0 Å². The molecule has 0 unspecified atom stereocenters. The summed E-state index contributed by atoms with van der Waals surface area (Å²) in [6.07, 6.45) is 0.599. The summed E-state index contributed by atoms with van der Waals surface area (Å²) in [6.45, 7) is 1.97. The number of carbonyl (C=O) groups is 1. The maximum atomic E-state index is 12.1. The third kappa shape index (κ3) is 3.74. The number of aromatic amines is 1. The molecule has 2 atom stereocenters. The van der Waals surface area contributed by atoms with Crippen molar-refractivity contribution in [2.45, 2.75) is 24.6 Å². The number of imidazole rings is 1. The number of thioether (sulfide) groups is 2. The van der Waals surface area contributed by atoms with E-state index in [9.17, 15) is 4.79 Å². The van der Waals surface area contributed by atoms with Crippen molar-refractivity contribution >= 4 is 40.5 Å². The third-order valence-electron chi connectivity index (χ3n) is 3.49. The number of aromatic nitrogens is 2. The number of nitrogens with one attached hydrogen (secondary N) is 2. The van der Waals surface area contributed by atoms with Crippen LogP contribution in [0, 0.1) is 0 Å². The van der Waals surface area contributed by atoms with Crippen molar-refractivity contribution in [3.05, 3.63) is 30.1 Å². The Morgan fingerprint density at radius 3 is 3.10 bits per heavy atom. The molecule has 0 spiro atoms.